The Bertz CT molecular complexity index is 595. The van der Waals surface area contributed by atoms with E-state index in [1.54, 1.807) is 6.92 Å². The fraction of sp³-hybridized carbons (Fsp3) is 0.692. The lowest BCUT2D eigenvalue weighted by atomic mass is 9.93. The molecule has 1 aliphatic rings. The first-order valence-electron chi connectivity index (χ1n) is 6.87. The summed E-state index contributed by atoms with van der Waals surface area (Å²) in [5.74, 6) is -0.383. The van der Waals surface area contributed by atoms with Crippen molar-refractivity contribution >= 4 is 0 Å². The number of hydrogen-bond acceptors (Lipinski definition) is 6. The molecule has 0 saturated carbocycles. The maximum Gasteiger partial charge on any atom is 0.330 e. The average molecular weight is 300 g/mol. The smallest absolute Gasteiger partial charge is 0.330 e. The Labute approximate surface area is 120 Å². The second-order valence-corrected chi connectivity index (χ2v) is 5.25. The summed E-state index contributed by atoms with van der Waals surface area (Å²) in [7, 11) is 0. The highest BCUT2D eigenvalue weighted by atomic mass is 16.5. The van der Waals surface area contributed by atoms with Crippen LogP contribution in [0.2, 0.25) is 0 Å². The van der Waals surface area contributed by atoms with Crippen LogP contribution < -0.4 is 11.2 Å². The molecule has 4 N–H and O–H groups in total. The maximum atomic E-state index is 11.9. The molecule has 2 rings (SSSR count). The summed E-state index contributed by atoms with van der Waals surface area (Å²) in [6, 6.07) is 0. The van der Waals surface area contributed by atoms with Crippen LogP contribution in [0.1, 0.15) is 24.6 Å². The van der Waals surface area contributed by atoms with Crippen LogP contribution in [0.3, 0.4) is 0 Å². The molecule has 2 heterocycles. The number of nitrogens with zero attached hydrogens (tertiary/aromatic N) is 1. The van der Waals surface area contributed by atoms with Crippen LogP contribution in [0.15, 0.2) is 15.8 Å². The molecule has 21 heavy (non-hydrogen) atoms. The fourth-order valence-electron chi connectivity index (χ4n) is 2.66. The molecule has 1 aromatic heterocycles. The Hall–Kier alpha value is -1.48. The molecule has 118 valence electrons. The zero-order valence-corrected chi connectivity index (χ0v) is 11.7. The van der Waals surface area contributed by atoms with Crippen LogP contribution in [0.5, 0.6) is 0 Å². The Morgan fingerprint density at radius 1 is 1.38 bits per heavy atom. The van der Waals surface area contributed by atoms with Crippen molar-refractivity contribution in [2.45, 2.75) is 38.2 Å². The van der Waals surface area contributed by atoms with E-state index >= 15 is 0 Å². The van der Waals surface area contributed by atoms with Crippen molar-refractivity contribution in [1.82, 2.24) is 9.55 Å². The number of rotatable bonds is 5. The van der Waals surface area contributed by atoms with Crippen molar-refractivity contribution in [2.75, 3.05) is 13.2 Å². The Morgan fingerprint density at radius 2 is 2.10 bits per heavy atom. The molecule has 0 bridgehead atoms. The molecular weight excluding hydrogens is 280 g/mol. The number of aromatic amines is 1. The number of aliphatic hydroxyl groups is 3. The highest BCUT2D eigenvalue weighted by Crippen LogP contribution is 2.35. The number of hydrogen-bond donors (Lipinski definition) is 4. The van der Waals surface area contributed by atoms with Crippen LogP contribution in [0.4, 0.5) is 0 Å². The van der Waals surface area contributed by atoms with Gasteiger partial charge in [-0.3, -0.25) is 14.3 Å². The van der Waals surface area contributed by atoms with Gasteiger partial charge in [-0.05, 0) is 19.8 Å². The number of aryl methyl sites for hydroxylation is 1. The van der Waals surface area contributed by atoms with E-state index in [0.29, 0.717) is 18.4 Å². The molecule has 1 saturated heterocycles. The van der Waals surface area contributed by atoms with Gasteiger partial charge in [-0.25, -0.2) is 4.79 Å². The summed E-state index contributed by atoms with van der Waals surface area (Å²) in [4.78, 5) is 25.4. The molecule has 0 amide bonds. The van der Waals surface area contributed by atoms with Crippen LogP contribution in [-0.4, -0.2) is 50.3 Å². The van der Waals surface area contributed by atoms with E-state index in [1.165, 1.54) is 6.20 Å². The highest BCUT2D eigenvalue weighted by molar-refractivity contribution is 5.03. The van der Waals surface area contributed by atoms with Crippen LogP contribution >= 0.6 is 0 Å². The molecule has 1 fully saturated rings. The maximum absolute atomic E-state index is 11.9. The normalized spacial score (nSPS) is 29.0. The minimum absolute atomic E-state index is 0.0241. The lowest BCUT2D eigenvalue weighted by Gasteiger charge is -2.19. The summed E-state index contributed by atoms with van der Waals surface area (Å²) >= 11 is 0. The van der Waals surface area contributed by atoms with Gasteiger partial charge in [0.1, 0.15) is 6.10 Å². The summed E-state index contributed by atoms with van der Waals surface area (Å²) in [6.45, 7) is 1.23. The number of aliphatic hydroxyl groups excluding tert-OH is 3. The van der Waals surface area contributed by atoms with Crippen molar-refractivity contribution in [1.29, 1.82) is 0 Å². The van der Waals surface area contributed by atoms with Gasteiger partial charge in [0, 0.05) is 24.3 Å². The van der Waals surface area contributed by atoms with Gasteiger partial charge < -0.3 is 20.1 Å². The third-order valence-corrected chi connectivity index (χ3v) is 3.82. The van der Waals surface area contributed by atoms with Crippen molar-refractivity contribution in [3.8, 4) is 0 Å². The largest absolute Gasteiger partial charge is 0.396 e. The number of aromatic nitrogens is 2. The van der Waals surface area contributed by atoms with Crippen LogP contribution in [0.25, 0.3) is 0 Å². The molecule has 0 aromatic carbocycles. The minimum atomic E-state index is -1.00. The predicted octanol–water partition coefficient (Wildman–Crippen LogP) is -1.52. The van der Waals surface area contributed by atoms with Gasteiger partial charge in [-0.15, -0.1) is 0 Å². The van der Waals surface area contributed by atoms with Crippen molar-refractivity contribution in [3.63, 3.8) is 0 Å². The standard InChI is InChI=1S/C13H20N2O6/c1-7-5-15(13(20)14-11(7)19)12-10(18)8(3-2-4-16)9(6-17)21-12/h5,8-10,12,16-18H,2-4,6H2,1H3,(H,14,19,20)/t8-,9+,10-,12+/m0/s1. The molecule has 1 aromatic rings. The monoisotopic (exact) mass is 300 g/mol. The van der Waals surface area contributed by atoms with Crippen molar-refractivity contribution in [3.05, 3.63) is 32.6 Å². The zero-order chi connectivity index (χ0) is 15.6. The van der Waals surface area contributed by atoms with Crippen LogP contribution in [-0.2, 0) is 4.74 Å². The third-order valence-electron chi connectivity index (χ3n) is 3.82. The number of nitrogens with one attached hydrogen (secondary N) is 1. The number of H-pyrrole nitrogens is 1. The number of ether oxygens (including phenoxy) is 1. The van der Waals surface area contributed by atoms with Gasteiger partial charge in [0.25, 0.3) is 5.56 Å². The summed E-state index contributed by atoms with van der Waals surface area (Å²) < 4.78 is 6.68. The van der Waals surface area contributed by atoms with Gasteiger partial charge in [0.2, 0.25) is 0 Å². The highest BCUT2D eigenvalue weighted by Gasteiger charge is 2.44. The minimum Gasteiger partial charge on any atom is -0.396 e. The lowest BCUT2D eigenvalue weighted by Crippen LogP contribution is -2.37. The van der Waals surface area contributed by atoms with Gasteiger partial charge in [-0.1, -0.05) is 0 Å². The summed E-state index contributed by atoms with van der Waals surface area (Å²) in [5.41, 5.74) is -0.835. The first kappa shape index (κ1) is 15.9. The van der Waals surface area contributed by atoms with Crippen molar-refractivity contribution < 1.29 is 20.1 Å². The average Bonchev–Trinajstić information content (AvgIpc) is 2.77. The van der Waals surface area contributed by atoms with Gasteiger partial charge in [0.15, 0.2) is 6.23 Å². The first-order valence-corrected chi connectivity index (χ1v) is 6.87. The van der Waals surface area contributed by atoms with E-state index < -0.39 is 29.7 Å². The molecule has 0 radical (unpaired) electrons. The topological polar surface area (TPSA) is 125 Å². The summed E-state index contributed by atoms with van der Waals surface area (Å²) in [6.07, 6.45) is -0.316. The Kier molecular flexibility index (Phi) is 4.94. The molecule has 0 unspecified atom stereocenters. The fourth-order valence-corrected chi connectivity index (χ4v) is 2.66. The Morgan fingerprint density at radius 3 is 2.71 bits per heavy atom. The molecule has 8 heteroatoms. The molecule has 0 spiro atoms. The van der Waals surface area contributed by atoms with E-state index in [4.69, 9.17) is 9.84 Å². The molecule has 4 atom stereocenters. The third kappa shape index (κ3) is 3.08. The Balaban J connectivity index is 2.31. The molecular formula is C13H20N2O6. The SMILES string of the molecule is Cc1cn([C@@H]2O[C@H](CO)[C@H](CCCO)[C@@H]2O)c(=O)[nH]c1=O. The lowest BCUT2D eigenvalue weighted by molar-refractivity contribution is -0.0537. The zero-order valence-electron chi connectivity index (χ0n) is 11.7. The van der Waals surface area contributed by atoms with Gasteiger partial charge in [0.05, 0.1) is 12.7 Å². The summed E-state index contributed by atoms with van der Waals surface area (Å²) in [5, 5.41) is 28.6. The first-order chi connectivity index (χ1) is 9.99. The van der Waals surface area contributed by atoms with E-state index in [0.717, 1.165) is 4.57 Å². The van der Waals surface area contributed by atoms with E-state index in [-0.39, 0.29) is 19.1 Å². The molecule has 8 nitrogen and oxygen atoms in total. The van der Waals surface area contributed by atoms with E-state index in [2.05, 4.69) is 4.98 Å². The van der Waals surface area contributed by atoms with Gasteiger partial charge >= 0.3 is 5.69 Å². The predicted molar refractivity (Wildman–Crippen MR) is 72.9 cm³/mol. The molecule has 0 aliphatic carbocycles. The van der Waals surface area contributed by atoms with E-state index in [1.807, 2.05) is 0 Å². The van der Waals surface area contributed by atoms with E-state index in [9.17, 15) is 19.8 Å². The van der Waals surface area contributed by atoms with Crippen LogP contribution in [0, 0.1) is 12.8 Å². The second kappa shape index (κ2) is 6.52. The van der Waals surface area contributed by atoms with Gasteiger partial charge in [-0.2, -0.15) is 0 Å². The van der Waals surface area contributed by atoms with Crippen molar-refractivity contribution in [2.24, 2.45) is 5.92 Å². The molecule has 1 aliphatic heterocycles. The quantitative estimate of drug-likeness (QED) is 0.524. The second-order valence-electron chi connectivity index (χ2n) is 5.25.